The Hall–Kier alpha value is -1.73. The fourth-order valence-electron chi connectivity index (χ4n) is 5.68. The molecule has 0 unspecified atom stereocenters. The van der Waals surface area contributed by atoms with Crippen molar-refractivity contribution in [2.24, 2.45) is 5.92 Å². The van der Waals surface area contributed by atoms with Gasteiger partial charge in [0, 0.05) is 49.9 Å². The molecule has 3 heterocycles. The highest BCUT2D eigenvalue weighted by molar-refractivity contribution is 7.18. The molecule has 2 aromatic rings. The molecule has 1 saturated carbocycles. The Morgan fingerprint density at radius 2 is 1.90 bits per heavy atom. The van der Waals surface area contributed by atoms with Crippen molar-refractivity contribution in [1.82, 2.24) is 19.8 Å². The van der Waals surface area contributed by atoms with Crippen LogP contribution in [0.1, 0.15) is 68.1 Å². The number of hydrogen-bond acceptors (Lipinski definition) is 5. The van der Waals surface area contributed by atoms with E-state index in [9.17, 15) is 9.59 Å². The van der Waals surface area contributed by atoms with Gasteiger partial charge in [-0.3, -0.25) is 14.5 Å². The summed E-state index contributed by atoms with van der Waals surface area (Å²) in [4.78, 5) is 40.0. The third-order valence-corrected chi connectivity index (χ3v) is 8.70. The summed E-state index contributed by atoms with van der Waals surface area (Å²) < 4.78 is 0. The number of aryl methyl sites for hydroxylation is 2. The Kier molecular flexibility index (Phi) is 6.15. The lowest BCUT2D eigenvalue weighted by Crippen LogP contribution is -2.52. The normalized spacial score (nSPS) is 23.3. The van der Waals surface area contributed by atoms with E-state index >= 15 is 0 Å². The van der Waals surface area contributed by atoms with Gasteiger partial charge in [-0.2, -0.15) is 0 Å². The lowest BCUT2D eigenvalue weighted by Gasteiger charge is -2.40. The third-order valence-electron chi connectivity index (χ3n) is 7.55. The zero-order chi connectivity index (χ0) is 21.4. The first kappa shape index (κ1) is 21.1. The Morgan fingerprint density at radius 3 is 2.68 bits per heavy atom. The van der Waals surface area contributed by atoms with Crippen LogP contribution in [0, 0.1) is 5.92 Å². The average Bonchev–Trinajstić information content (AvgIpc) is 3.16. The SMILES string of the molecule is C[C@@H]1CCc2c(sc3nc(CCC(=O)N4CCN(C5CCCCC5)CC4)[nH]c(=O)c23)C1. The van der Waals surface area contributed by atoms with Gasteiger partial charge < -0.3 is 9.88 Å². The van der Waals surface area contributed by atoms with Gasteiger partial charge in [0.15, 0.2) is 0 Å². The highest BCUT2D eigenvalue weighted by atomic mass is 32.1. The number of fused-ring (bicyclic) bond motifs is 3. The molecule has 0 aromatic carbocycles. The molecular weight excluding hydrogens is 408 g/mol. The summed E-state index contributed by atoms with van der Waals surface area (Å²) in [5.41, 5.74) is 1.19. The monoisotopic (exact) mass is 442 g/mol. The van der Waals surface area contributed by atoms with E-state index in [4.69, 9.17) is 4.98 Å². The maximum absolute atomic E-state index is 12.8. The van der Waals surface area contributed by atoms with E-state index in [0.717, 1.165) is 61.7 Å². The molecule has 2 aliphatic carbocycles. The number of H-pyrrole nitrogens is 1. The molecule has 0 bridgehead atoms. The van der Waals surface area contributed by atoms with Gasteiger partial charge in [0.05, 0.1) is 5.39 Å². The largest absolute Gasteiger partial charge is 0.340 e. The standard InChI is InChI=1S/C24H34N4O2S/c1-16-7-8-18-19(15-16)31-24-22(18)23(30)25-20(26-24)9-10-21(29)28-13-11-27(12-14-28)17-5-3-2-4-6-17/h16-17H,2-15H2,1H3,(H,25,26,30)/t16-/m1/s1. The van der Waals surface area contributed by atoms with Crippen LogP contribution in [-0.4, -0.2) is 57.9 Å². The Labute approximate surface area is 188 Å². The highest BCUT2D eigenvalue weighted by Gasteiger charge is 2.27. The fourth-order valence-corrected chi connectivity index (χ4v) is 7.08. The van der Waals surface area contributed by atoms with Gasteiger partial charge in [0.1, 0.15) is 10.7 Å². The number of amides is 1. The van der Waals surface area contributed by atoms with Gasteiger partial charge >= 0.3 is 0 Å². The molecule has 5 rings (SSSR count). The van der Waals surface area contributed by atoms with Gasteiger partial charge in [-0.25, -0.2) is 4.98 Å². The van der Waals surface area contributed by atoms with Gasteiger partial charge in [0.2, 0.25) is 5.91 Å². The number of hydrogen-bond donors (Lipinski definition) is 1. The summed E-state index contributed by atoms with van der Waals surface area (Å²) in [6.45, 7) is 5.92. The number of nitrogens with zero attached hydrogens (tertiary/aromatic N) is 3. The zero-order valence-electron chi connectivity index (χ0n) is 18.6. The first-order valence-corrected chi connectivity index (χ1v) is 13.0. The molecule has 7 heteroatoms. The topological polar surface area (TPSA) is 69.3 Å². The lowest BCUT2D eigenvalue weighted by molar-refractivity contribution is -0.133. The van der Waals surface area contributed by atoms with Crippen molar-refractivity contribution in [3.8, 4) is 0 Å². The van der Waals surface area contributed by atoms with Crippen LogP contribution in [0.4, 0.5) is 0 Å². The van der Waals surface area contributed by atoms with Crippen LogP contribution in [0.5, 0.6) is 0 Å². The second-order valence-electron chi connectivity index (χ2n) is 9.75. The lowest BCUT2D eigenvalue weighted by atomic mass is 9.89. The average molecular weight is 443 g/mol. The summed E-state index contributed by atoms with van der Waals surface area (Å²) in [7, 11) is 0. The number of nitrogens with one attached hydrogen (secondary N) is 1. The highest BCUT2D eigenvalue weighted by Crippen LogP contribution is 2.35. The van der Waals surface area contributed by atoms with Crippen molar-refractivity contribution in [1.29, 1.82) is 0 Å². The number of piperazine rings is 1. The van der Waals surface area contributed by atoms with Crippen LogP contribution in [0.3, 0.4) is 0 Å². The van der Waals surface area contributed by atoms with Crippen LogP contribution in [0.15, 0.2) is 4.79 Å². The van der Waals surface area contributed by atoms with E-state index in [2.05, 4.69) is 16.8 Å². The summed E-state index contributed by atoms with van der Waals surface area (Å²) in [6, 6.07) is 0.728. The van der Waals surface area contributed by atoms with Crippen molar-refractivity contribution >= 4 is 27.5 Å². The van der Waals surface area contributed by atoms with Crippen LogP contribution >= 0.6 is 11.3 Å². The fraction of sp³-hybridized carbons (Fsp3) is 0.708. The van der Waals surface area contributed by atoms with E-state index in [1.807, 2.05) is 4.90 Å². The molecule has 2 aromatic heterocycles. The van der Waals surface area contributed by atoms with Crippen LogP contribution in [-0.2, 0) is 24.1 Å². The van der Waals surface area contributed by atoms with Gasteiger partial charge in [-0.05, 0) is 43.6 Å². The molecule has 1 amide bonds. The zero-order valence-corrected chi connectivity index (χ0v) is 19.4. The van der Waals surface area contributed by atoms with Gasteiger partial charge in [0.25, 0.3) is 5.56 Å². The molecule has 0 spiro atoms. The summed E-state index contributed by atoms with van der Waals surface area (Å²) in [6.07, 6.45) is 10.8. The van der Waals surface area contributed by atoms with Crippen molar-refractivity contribution in [2.75, 3.05) is 26.2 Å². The minimum atomic E-state index is -0.0272. The van der Waals surface area contributed by atoms with E-state index in [1.54, 1.807) is 11.3 Å². The van der Waals surface area contributed by atoms with Gasteiger partial charge in [-0.15, -0.1) is 11.3 Å². The first-order chi connectivity index (χ1) is 15.1. The summed E-state index contributed by atoms with van der Waals surface area (Å²) in [5.74, 6) is 1.51. The Balaban J connectivity index is 1.19. The molecule has 1 aliphatic heterocycles. The number of thiophene rings is 1. The van der Waals surface area contributed by atoms with Crippen LogP contribution in [0.2, 0.25) is 0 Å². The van der Waals surface area contributed by atoms with Crippen molar-refractivity contribution < 1.29 is 4.79 Å². The molecule has 168 valence electrons. The summed E-state index contributed by atoms with van der Waals surface area (Å²) >= 11 is 1.68. The number of carbonyl (C=O) groups is 1. The second-order valence-corrected chi connectivity index (χ2v) is 10.8. The molecule has 1 saturated heterocycles. The van der Waals surface area contributed by atoms with E-state index in [1.165, 1.54) is 42.5 Å². The quantitative estimate of drug-likeness (QED) is 0.787. The Morgan fingerprint density at radius 1 is 1.13 bits per heavy atom. The molecule has 31 heavy (non-hydrogen) atoms. The molecule has 2 fully saturated rings. The smallest absolute Gasteiger partial charge is 0.259 e. The van der Waals surface area contributed by atoms with E-state index in [-0.39, 0.29) is 11.5 Å². The maximum atomic E-state index is 12.8. The van der Waals surface area contributed by atoms with Crippen molar-refractivity contribution in [2.45, 2.75) is 77.2 Å². The predicted molar refractivity (Wildman–Crippen MR) is 125 cm³/mol. The molecule has 1 N–H and O–H groups in total. The molecule has 1 atom stereocenters. The minimum Gasteiger partial charge on any atom is -0.340 e. The molecule has 3 aliphatic rings. The van der Waals surface area contributed by atoms with E-state index in [0.29, 0.717) is 24.6 Å². The number of carbonyl (C=O) groups excluding carboxylic acids is 1. The maximum Gasteiger partial charge on any atom is 0.259 e. The summed E-state index contributed by atoms with van der Waals surface area (Å²) in [5, 5.41) is 0.792. The molecule has 6 nitrogen and oxygen atoms in total. The third kappa shape index (κ3) is 4.44. The number of rotatable bonds is 4. The van der Waals surface area contributed by atoms with Crippen molar-refractivity contribution in [3.63, 3.8) is 0 Å². The van der Waals surface area contributed by atoms with Crippen LogP contribution in [0.25, 0.3) is 10.2 Å². The second kappa shape index (κ2) is 9.02. The molecular formula is C24H34N4O2S. The van der Waals surface area contributed by atoms with Gasteiger partial charge in [-0.1, -0.05) is 26.2 Å². The van der Waals surface area contributed by atoms with Crippen molar-refractivity contribution in [3.05, 3.63) is 26.6 Å². The molecule has 0 radical (unpaired) electrons. The Bertz CT molecular complexity index is 999. The minimum absolute atomic E-state index is 0.0272. The first-order valence-electron chi connectivity index (χ1n) is 12.1. The number of aromatic nitrogens is 2. The number of aromatic amines is 1. The predicted octanol–water partition coefficient (Wildman–Crippen LogP) is 3.52. The van der Waals surface area contributed by atoms with E-state index < -0.39 is 0 Å². The van der Waals surface area contributed by atoms with Crippen LogP contribution < -0.4 is 5.56 Å².